The second-order valence-electron chi connectivity index (χ2n) is 4.76. The lowest BCUT2D eigenvalue weighted by Crippen LogP contribution is -2.63. The van der Waals surface area contributed by atoms with Gasteiger partial charge in [0.15, 0.2) is 0 Å². The van der Waals surface area contributed by atoms with Crippen LogP contribution in [-0.2, 0) is 0 Å². The van der Waals surface area contributed by atoms with Crippen molar-refractivity contribution in [2.24, 2.45) is 5.41 Å². The smallest absolute Gasteiger partial charge is 0.0755 e. The molecule has 5 heteroatoms. The van der Waals surface area contributed by atoms with Crippen molar-refractivity contribution in [2.75, 3.05) is 18.4 Å². The Morgan fingerprint density at radius 2 is 2.20 bits per heavy atom. The number of nitrogens with one attached hydrogen (secondary N) is 3. The summed E-state index contributed by atoms with van der Waals surface area (Å²) in [6.45, 7) is 4.49. The summed E-state index contributed by atoms with van der Waals surface area (Å²) >= 11 is 0. The van der Waals surface area contributed by atoms with Gasteiger partial charge in [-0.15, -0.1) is 12.4 Å². The Balaban J connectivity index is 0.000000853. The number of nitrogens with zero attached hydrogens (tertiary/aromatic N) is 1. The van der Waals surface area contributed by atoms with E-state index in [1.807, 2.05) is 6.20 Å². The van der Waals surface area contributed by atoms with Crippen molar-refractivity contribution in [1.29, 1.82) is 0 Å². The quantitative estimate of drug-likeness (QED) is 0.716. The molecule has 15 heavy (non-hydrogen) atoms. The molecule has 1 saturated carbocycles. The number of aromatic nitrogens is 2. The lowest BCUT2D eigenvalue weighted by atomic mass is 9.61. The summed E-state index contributed by atoms with van der Waals surface area (Å²) in [5.41, 5.74) is 2.95. The first kappa shape index (κ1) is 10.8. The van der Waals surface area contributed by atoms with Gasteiger partial charge >= 0.3 is 0 Å². The fraction of sp³-hybridized carbons (Fsp3) is 0.700. The summed E-state index contributed by atoms with van der Waals surface area (Å²) in [6.07, 6.45) is 4.49. The summed E-state index contributed by atoms with van der Waals surface area (Å²) in [5.74, 6) is 0. The highest BCUT2D eigenvalue weighted by molar-refractivity contribution is 5.85. The summed E-state index contributed by atoms with van der Waals surface area (Å²) in [6, 6.07) is 0.661. The first-order valence-electron chi connectivity index (χ1n) is 5.25. The Morgan fingerprint density at radius 1 is 1.47 bits per heavy atom. The number of aryl methyl sites for hydroxylation is 1. The monoisotopic (exact) mass is 228 g/mol. The van der Waals surface area contributed by atoms with Crippen LogP contribution in [-0.4, -0.2) is 29.3 Å². The number of H-pyrrole nitrogens is 1. The second-order valence-corrected chi connectivity index (χ2v) is 4.76. The minimum Gasteiger partial charge on any atom is -0.380 e. The molecule has 3 N–H and O–H groups in total. The van der Waals surface area contributed by atoms with Gasteiger partial charge < -0.3 is 10.6 Å². The van der Waals surface area contributed by atoms with Gasteiger partial charge in [0.2, 0.25) is 0 Å². The van der Waals surface area contributed by atoms with E-state index in [0.29, 0.717) is 11.5 Å². The Bertz CT molecular complexity index is 337. The van der Waals surface area contributed by atoms with Crippen LogP contribution in [0.2, 0.25) is 0 Å². The minimum atomic E-state index is 0. The highest BCUT2D eigenvalue weighted by atomic mass is 35.5. The number of hydrogen-bond donors (Lipinski definition) is 3. The Morgan fingerprint density at radius 3 is 2.67 bits per heavy atom. The fourth-order valence-corrected chi connectivity index (χ4v) is 2.57. The molecule has 1 aromatic heterocycles. The van der Waals surface area contributed by atoms with Gasteiger partial charge in [-0.2, -0.15) is 5.10 Å². The zero-order chi connectivity index (χ0) is 9.60. The lowest BCUT2D eigenvalue weighted by molar-refractivity contribution is 0.0470. The molecule has 0 bridgehead atoms. The molecule has 4 nitrogen and oxygen atoms in total. The highest BCUT2D eigenvalue weighted by Gasteiger charge is 2.48. The molecule has 0 atom stereocenters. The van der Waals surface area contributed by atoms with Crippen LogP contribution in [0.15, 0.2) is 6.20 Å². The van der Waals surface area contributed by atoms with Gasteiger partial charge in [0, 0.05) is 19.1 Å². The van der Waals surface area contributed by atoms with Gasteiger partial charge in [-0.05, 0) is 25.2 Å². The summed E-state index contributed by atoms with van der Waals surface area (Å²) in [7, 11) is 0. The maximum absolute atomic E-state index is 4.00. The third-order valence-corrected chi connectivity index (χ3v) is 3.55. The predicted molar refractivity (Wildman–Crippen MR) is 62.5 cm³/mol. The summed E-state index contributed by atoms with van der Waals surface area (Å²) in [4.78, 5) is 0. The number of aromatic amines is 1. The van der Waals surface area contributed by atoms with Crippen LogP contribution >= 0.6 is 12.4 Å². The van der Waals surface area contributed by atoms with E-state index in [9.17, 15) is 0 Å². The van der Waals surface area contributed by atoms with Crippen LogP contribution in [0.4, 0.5) is 5.69 Å². The molecule has 0 unspecified atom stereocenters. The van der Waals surface area contributed by atoms with E-state index in [2.05, 4.69) is 27.8 Å². The van der Waals surface area contributed by atoms with Crippen LogP contribution in [0.5, 0.6) is 0 Å². The number of hydrogen-bond acceptors (Lipinski definition) is 3. The fourth-order valence-electron chi connectivity index (χ4n) is 2.57. The lowest BCUT2D eigenvalue weighted by Gasteiger charge is -2.54. The third kappa shape index (κ3) is 1.72. The summed E-state index contributed by atoms with van der Waals surface area (Å²) in [5, 5.41) is 13.8. The molecule has 0 aromatic carbocycles. The van der Waals surface area contributed by atoms with Crippen molar-refractivity contribution in [3.8, 4) is 0 Å². The Labute approximate surface area is 95.6 Å². The van der Waals surface area contributed by atoms with E-state index in [-0.39, 0.29) is 12.4 Å². The van der Waals surface area contributed by atoms with Crippen LogP contribution in [0.3, 0.4) is 0 Å². The van der Waals surface area contributed by atoms with Gasteiger partial charge in [0.25, 0.3) is 0 Å². The molecular weight excluding hydrogens is 212 g/mol. The standard InChI is InChI=1S/C10H16N4.ClH/c1-7-9(4-12-14-7)13-8-2-10(3-8)5-11-6-10;/h4,8,11,13H,2-3,5-6H2,1H3,(H,12,14);1H. The van der Waals surface area contributed by atoms with E-state index in [0.717, 1.165) is 11.4 Å². The van der Waals surface area contributed by atoms with Crippen molar-refractivity contribution in [3.05, 3.63) is 11.9 Å². The molecule has 2 aliphatic rings. The second kappa shape index (κ2) is 3.68. The molecule has 1 aliphatic heterocycles. The van der Waals surface area contributed by atoms with E-state index in [4.69, 9.17) is 0 Å². The van der Waals surface area contributed by atoms with E-state index in [1.54, 1.807) is 0 Å². The normalized spacial score (nSPS) is 22.7. The number of anilines is 1. The Kier molecular flexibility index (Phi) is 2.64. The Hall–Kier alpha value is -0.740. The molecule has 0 radical (unpaired) electrons. The zero-order valence-electron chi connectivity index (χ0n) is 8.84. The van der Waals surface area contributed by atoms with Crippen molar-refractivity contribution >= 4 is 18.1 Å². The SMILES string of the molecule is Cc1[nH]ncc1NC1CC2(CNC2)C1.Cl. The summed E-state index contributed by atoms with van der Waals surface area (Å²) < 4.78 is 0. The molecule has 3 rings (SSSR count). The van der Waals surface area contributed by atoms with Crippen molar-refractivity contribution in [2.45, 2.75) is 25.8 Å². The molecular formula is C10H17ClN4. The van der Waals surface area contributed by atoms with Crippen molar-refractivity contribution in [3.63, 3.8) is 0 Å². The largest absolute Gasteiger partial charge is 0.380 e. The zero-order valence-corrected chi connectivity index (χ0v) is 9.66. The van der Waals surface area contributed by atoms with Crippen molar-refractivity contribution in [1.82, 2.24) is 15.5 Å². The molecule has 0 amide bonds. The van der Waals surface area contributed by atoms with E-state index >= 15 is 0 Å². The van der Waals surface area contributed by atoms with Gasteiger partial charge in [-0.25, -0.2) is 0 Å². The minimum absolute atomic E-state index is 0. The molecule has 1 aliphatic carbocycles. The average Bonchev–Trinajstić information content (AvgIpc) is 2.39. The van der Waals surface area contributed by atoms with Gasteiger partial charge in [0.05, 0.1) is 17.6 Å². The highest BCUT2D eigenvalue weighted by Crippen LogP contribution is 2.45. The van der Waals surface area contributed by atoms with Crippen molar-refractivity contribution < 1.29 is 0 Å². The van der Waals surface area contributed by atoms with Gasteiger partial charge in [-0.3, -0.25) is 5.10 Å². The van der Waals surface area contributed by atoms with Gasteiger partial charge in [0.1, 0.15) is 0 Å². The molecule has 1 saturated heterocycles. The topological polar surface area (TPSA) is 52.7 Å². The number of rotatable bonds is 2. The van der Waals surface area contributed by atoms with Crippen LogP contribution in [0, 0.1) is 12.3 Å². The first-order valence-corrected chi connectivity index (χ1v) is 5.25. The molecule has 84 valence electrons. The maximum atomic E-state index is 4.00. The number of halogens is 1. The first-order chi connectivity index (χ1) is 6.77. The average molecular weight is 229 g/mol. The molecule has 2 fully saturated rings. The van der Waals surface area contributed by atoms with E-state index in [1.165, 1.54) is 25.9 Å². The maximum Gasteiger partial charge on any atom is 0.0755 e. The molecule has 2 heterocycles. The third-order valence-electron chi connectivity index (χ3n) is 3.55. The molecule has 1 aromatic rings. The van der Waals surface area contributed by atoms with E-state index < -0.39 is 0 Å². The predicted octanol–water partition coefficient (Wildman–Crippen LogP) is 1.30. The van der Waals surface area contributed by atoms with Crippen LogP contribution in [0.25, 0.3) is 0 Å². The molecule has 1 spiro atoms. The van der Waals surface area contributed by atoms with Crippen LogP contribution in [0.1, 0.15) is 18.5 Å². The van der Waals surface area contributed by atoms with Crippen LogP contribution < -0.4 is 10.6 Å². The van der Waals surface area contributed by atoms with Gasteiger partial charge in [-0.1, -0.05) is 0 Å².